The molecule has 7 atom stereocenters. The summed E-state index contributed by atoms with van der Waals surface area (Å²) in [6, 6.07) is 0.768. The minimum atomic E-state index is 0. The van der Waals surface area contributed by atoms with Crippen molar-refractivity contribution < 1.29 is 0 Å². The first-order valence-electron chi connectivity index (χ1n) is 10.8. The molecule has 0 heterocycles. The lowest BCUT2D eigenvalue weighted by atomic mass is 9.45. The van der Waals surface area contributed by atoms with Gasteiger partial charge in [-0.05, 0) is 85.0 Å². The van der Waals surface area contributed by atoms with Crippen molar-refractivity contribution in [1.29, 1.82) is 0 Å². The summed E-state index contributed by atoms with van der Waals surface area (Å²) in [4.78, 5) is 0. The average Bonchev–Trinajstić information content (AvgIpc) is 2.55. The summed E-state index contributed by atoms with van der Waals surface area (Å²) in [5, 5.41) is 7.66. The van der Waals surface area contributed by atoms with Gasteiger partial charge in [-0.15, -0.1) is 0 Å². The Labute approximate surface area is 230 Å². The molecule has 0 aromatic rings. The number of rotatable bonds is 6. The fourth-order valence-corrected chi connectivity index (χ4v) is 7.26. The maximum absolute atomic E-state index is 3.88. The van der Waals surface area contributed by atoms with Gasteiger partial charge in [-0.3, -0.25) is 0 Å². The smallest absolute Gasteiger partial charge is 0.00989 e. The molecule has 2 nitrogen and oxygen atoms in total. The Hall–Kier alpha value is 1.67. The van der Waals surface area contributed by atoms with Crippen molar-refractivity contribution >= 4 is 67.5 Å². The highest BCUT2D eigenvalue weighted by Gasteiger charge is 2.56. The van der Waals surface area contributed by atoms with Crippen LogP contribution < -0.4 is 10.6 Å². The SMILES string of the molecule is C.C.C[C@@H]1[C@@H](NCCNCC2CCC3C[C@@H]2C3(C)C)C[C@H]2C[C@@H]1C2(C)C.S.S.S.S.S. The third-order valence-electron chi connectivity index (χ3n) is 9.47. The van der Waals surface area contributed by atoms with Gasteiger partial charge in [0.15, 0.2) is 0 Å². The summed E-state index contributed by atoms with van der Waals surface area (Å²) in [5.74, 6) is 5.74. The number of hydrogen-bond donors (Lipinski definition) is 2. The maximum Gasteiger partial charge on any atom is 0.00989 e. The van der Waals surface area contributed by atoms with E-state index in [1.165, 1.54) is 38.6 Å². The molecule has 6 aliphatic carbocycles. The summed E-state index contributed by atoms with van der Waals surface area (Å²) in [5.41, 5.74) is 1.25. The van der Waals surface area contributed by atoms with E-state index in [1.54, 1.807) is 0 Å². The zero-order valence-corrected chi connectivity index (χ0v) is 24.2. The van der Waals surface area contributed by atoms with Crippen molar-refractivity contribution in [2.45, 2.75) is 87.6 Å². The first-order valence-corrected chi connectivity index (χ1v) is 10.8. The van der Waals surface area contributed by atoms with Gasteiger partial charge in [0, 0.05) is 19.1 Å². The Morgan fingerprint density at radius 2 is 1.26 bits per heavy atom. The molecular weight excluding hydrogens is 477 g/mol. The van der Waals surface area contributed by atoms with Crippen LogP contribution >= 0.6 is 67.5 Å². The van der Waals surface area contributed by atoms with Crippen LogP contribution in [0.2, 0.25) is 0 Å². The molecule has 0 aliphatic heterocycles. The van der Waals surface area contributed by atoms with E-state index in [-0.39, 0.29) is 82.3 Å². The summed E-state index contributed by atoms with van der Waals surface area (Å²) in [7, 11) is 0. The van der Waals surface area contributed by atoms with Crippen molar-refractivity contribution in [3.63, 3.8) is 0 Å². The summed E-state index contributed by atoms with van der Waals surface area (Å²) >= 11 is 0. The topological polar surface area (TPSA) is 24.1 Å². The normalized spacial score (nSPS) is 36.9. The lowest BCUT2D eigenvalue weighted by Gasteiger charge is -2.62. The third kappa shape index (κ3) is 7.10. The van der Waals surface area contributed by atoms with E-state index in [4.69, 9.17) is 0 Å². The van der Waals surface area contributed by atoms with Crippen molar-refractivity contribution in [3.05, 3.63) is 0 Å². The van der Waals surface area contributed by atoms with Crippen LogP contribution in [-0.2, 0) is 0 Å². The Morgan fingerprint density at radius 1 is 0.710 bits per heavy atom. The third-order valence-corrected chi connectivity index (χ3v) is 9.47. The molecule has 6 aliphatic rings. The van der Waals surface area contributed by atoms with Gasteiger partial charge < -0.3 is 10.6 Å². The van der Waals surface area contributed by atoms with Crippen molar-refractivity contribution in [2.24, 2.45) is 46.3 Å². The van der Waals surface area contributed by atoms with Crippen LogP contribution in [-0.4, -0.2) is 25.7 Å². The Morgan fingerprint density at radius 3 is 1.74 bits per heavy atom. The molecule has 4 bridgehead atoms. The van der Waals surface area contributed by atoms with Crippen LogP contribution in [0.3, 0.4) is 0 Å². The Bertz CT molecular complexity index is 487. The number of hydrogen-bond acceptors (Lipinski definition) is 2. The highest BCUT2D eigenvalue weighted by atomic mass is 32.1. The van der Waals surface area contributed by atoms with Gasteiger partial charge in [-0.1, -0.05) is 49.5 Å². The molecule has 0 aromatic heterocycles. The molecule has 0 amide bonds. The molecule has 2 unspecified atom stereocenters. The monoisotopic (exact) mass is 534 g/mol. The summed E-state index contributed by atoms with van der Waals surface area (Å²) in [6.07, 6.45) is 7.36. The van der Waals surface area contributed by atoms with Crippen molar-refractivity contribution in [1.82, 2.24) is 10.6 Å². The van der Waals surface area contributed by atoms with E-state index in [0.717, 1.165) is 54.6 Å². The first kappa shape index (κ1) is 39.9. The van der Waals surface area contributed by atoms with Crippen molar-refractivity contribution in [2.75, 3.05) is 19.6 Å². The van der Waals surface area contributed by atoms with E-state index in [9.17, 15) is 0 Å². The van der Waals surface area contributed by atoms with E-state index in [0.29, 0.717) is 10.8 Å². The molecule has 0 spiro atoms. The van der Waals surface area contributed by atoms with Gasteiger partial charge in [0.1, 0.15) is 0 Å². The number of nitrogens with one attached hydrogen (secondary N) is 2. The largest absolute Gasteiger partial charge is 0.315 e. The zero-order chi connectivity index (χ0) is 17.1. The van der Waals surface area contributed by atoms with Crippen LogP contribution in [0.15, 0.2) is 0 Å². The number of fused-ring (bicyclic) bond motifs is 4. The van der Waals surface area contributed by atoms with Gasteiger partial charge in [0.25, 0.3) is 0 Å². The maximum atomic E-state index is 3.88. The predicted octanol–water partition coefficient (Wildman–Crippen LogP) is 6.14. The molecular formula is C24H58N2S5. The predicted molar refractivity (Wildman–Crippen MR) is 167 cm³/mol. The van der Waals surface area contributed by atoms with Gasteiger partial charge in [-0.25, -0.2) is 0 Å². The molecule has 31 heavy (non-hydrogen) atoms. The van der Waals surface area contributed by atoms with Crippen LogP contribution in [0.25, 0.3) is 0 Å². The van der Waals surface area contributed by atoms with Crippen LogP contribution in [0.5, 0.6) is 0 Å². The van der Waals surface area contributed by atoms with E-state index in [2.05, 4.69) is 45.3 Å². The molecule has 6 rings (SSSR count). The Balaban J connectivity index is -0.000000521. The standard InChI is InChI=1S/C22H40N2.2CH4.5H2S/c1-14-18-11-17(22(18,4)5)12-20(14)24-9-8-23-13-15-6-7-16-10-19(15)21(16,2)3;;;;;;;/h14-20,23-24H,6-13H2,1-5H3;2*1H4;5*1H2/t14-,15?,16?,17+,18-,19-,20-;;;;;;;/m0......./s1. The van der Waals surface area contributed by atoms with E-state index >= 15 is 0 Å². The first-order chi connectivity index (χ1) is 11.3. The summed E-state index contributed by atoms with van der Waals surface area (Å²) < 4.78 is 0. The van der Waals surface area contributed by atoms with Crippen LogP contribution in [0.1, 0.15) is 81.6 Å². The second-order valence-electron chi connectivity index (χ2n) is 10.9. The highest BCUT2D eigenvalue weighted by molar-refractivity contribution is 7.60. The minimum absolute atomic E-state index is 0. The van der Waals surface area contributed by atoms with E-state index in [1.807, 2.05) is 0 Å². The van der Waals surface area contributed by atoms with Gasteiger partial charge in [0.2, 0.25) is 0 Å². The molecule has 7 heteroatoms. The zero-order valence-electron chi connectivity index (χ0n) is 19.2. The lowest BCUT2D eigenvalue weighted by Crippen LogP contribution is -2.60. The van der Waals surface area contributed by atoms with Crippen molar-refractivity contribution in [3.8, 4) is 0 Å². The van der Waals surface area contributed by atoms with Gasteiger partial charge in [0.05, 0.1) is 0 Å². The second-order valence-corrected chi connectivity index (χ2v) is 10.9. The molecule has 0 radical (unpaired) electrons. The minimum Gasteiger partial charge on any atom is -0.315 e. The molecule has 6 saturated carbocycles. The summed E-state index contributed by atoms with van der Waals surface area (Å²) in [6.45, 7) is 16.1. The fourth-order valence-electron chi connectivity index (χ4n) is 7.26. The molecule has 0 saturated heterocycles. The lowest BCUT2D eigenvalue weighted by molar-refractivity contribution is -0.115. The van der Waals surface area contributed by atoms with Crippen LogP contribution in [0.4, 0.5) is 0 Å². The molecule has 0 aromatic carbocycles. The molecule has 6 fully saturated rings. The second kappa shape index (κ2) is 14.9. The fraction of sp³-hybridized carbons (Fsp3) is 1.00. The molecule has 2 N–H and O–H groups in total. The highest BCUT2D eigenvalue weighted by Crippen LogP contribution is 2.62. The Kier molecular flexibility index (Phi) is 19.2. The van der Waals surface area contributed by atoms with Gasteiger partial charge >= 0.3 is 0 Å². The molecule has 194 valence electrons. The van der Waals surface area contributed by atoms with Crippen LogP contribution in [0, 0.1) is 46.3 Å². The van der Waals surface area contributed by atoms with E-state index < -0.39 is 0 Å². The quantitative estimate of drug-likeness (QED) is 0.400. The van der Waals surface area contributed by atoms with Gasteiger partial charge in [-0.2, -0.15) is 67.5 Å². The average molecular weight is 535 g/mol.